The minimum atomic E-state index is -4.66. The maximum absolute atomic E-state index is 13.4. The van der Waals surface area contributed by atoms with E-state index >= 15 is 0 Å². The van der Waals surface area contributed by atoms with E-state index < -0.39 is 37.5 Å². The van der Waals surface area contributed by atoms with Crippen LogP contribution in [0.4, 0.5) is 0 Å². The molecule has 0 radical (unpaired) electrons. The van der Waals surface area contributed by atoms with E-state index in [2.05, 4.69) is 34.6 Å². The Morgan fingerprint density at radius 2 is 1.34 bits per heavy atom. The van der Waals surface area contributed by atoms with E-state index in [1.165, 1.54) is 109 Å². The summed E-state index contributed by atoms with van der Waals surface area (Å²) in [6.07, 6.45) is 26.5. The van der Waals surface area contributed by atoms with Gasteiger partial charge in [0.05, 0.1) is 12.2 Å². The number of aliphatic hydroxyl groups excluding tert-OH is 2. The van der Waals surface area contributed by atoms with E-state index in [1.807, 2.05) is 0 Å². The Bertz CT molecular complexity index is 1150. The summed E-state index contributed by atoms with van der Waals surface area (Å²) in [5.74, 6) is 3.90. The van der Waals surface area contributed by atoms with Gasteiger partial charge < -0.3 is 29.5 Å². The SMILES string of the molecule is CCCCCCCCCCCCCCCCC(O)[C@H]1OC(OC2(P(=O)(O)O)CC[C@@]3(C)C(CCC4C3CC[C@@]3(C)C4CC[C@@H]3[C@H](C)CCC)C2)C[C@H]1O. The van der Waals surface area contributed by atoms with Gasteiger partial charge in [0.1, 0.15) is 6.10 Å². The van der Waals surface area contributed by atoms with Crippen LogP contribution in [0.25, 0.3) is 0 Å². The normalized spacial score (nSPS) is 39.7. The third-order valence-corrected chi connectivity index (χ3v) is 18.0. The fourth-order valence-electron chi connectivity index (χ4n) is 13.3. The van der Waals surface area contributed by atoms with Crippen LogP contribution in [0.5, 0.6) is 0 Å². The molecule has 0 spiro atoms. The molecule has 5 fully saturated rings. The molecule has 0 amide bonds. The first-order valence-corrected chi connectivity index (χ1v) is 24.7. The zero-order chi connectivity index (χ0) is 38.3. The number of fused-ring (bicyclic) bond motifs is 5. The first-order chi connectivity index (χ1) is 25.3. The first-order valence-electron chi connectivity index (χ1n) is 23.0. The zero-order valence-corrected chi connectivity index (χ0v) is 35.7. The second kappa shape index (κ2) is 19.6. The van der Waals surface area contributed by atoms with Crippen molar-refractivity contribution >= 4 is 7.60 Å². The van der Waals surface area contributed by atoms with E-state index in [0.717, 1.165) is 56.3 Å². The molecule has 13 atom stereocenters. The van der Waals surface area contributed by atoms with Crippen LogP contribution in [0.2, 0.25) is 0 Å². The number of ether oxygens (including phenoxy) is 2. The van der Waals surface area contributed by atoms with Gasteiger partial charge in [-0.1, -0.05) is 137 Å². The third-order valence-electron chi connectivity index (χ3n) is 16.4. The molecule has 0 aromatic carbocycles. The van der Waals surface area contributed by atoms with Crippen LogP contribution in [-0.4, -0.2) is 49.9 Å². The van der Waals surface area contributed by atoms with Crippen molar-refractivity contribution in [2.24, 2.45) is 46.3 Å². The van der Waals surface area contributed by atoms with Crippen LogP contribution in [0.1, 0.15) is 208 Å². The van der Waals surface area contributed by atoms with Gasteiger partial charge in [0.15, 0.2) is 11.6 Å². The summed E-state index contributed by atoms with van der Waals surface area (Å²) in [5, 5.41) is 20.4. The van der Waals surface area contributed by atoms with Crippen LogP contribution in [0.15, 0.2) is 0 Å². The van der Waals surface area contributed by atoms with Gasteiger partial charge in [-0.05, 0) is 111 Å². The molecule has 8 heteroatoms. The molecule has 4 aliphatic carbocycles. The van der Waals surface area contributed by atoms with Crippen molar-refractivity contribution in [3.63, 3.8) is 0 Å². The fraction of sp³-hybridized carbons (Fsp3) is 1.00. The molecule has 7 unspecified atom stereocenters. The summed E-state index contributed by atoms with van der Waals surface area (Å²) >= 11 is 0. The van der Waals surface area contributed by atoms with E-state index in [9.17, 15) is 24.6 Å². The lowest BCUT2D eigenvalue weighted by atomic mass is 9.44. The number of rotatable bonds is 22. The van der Waals surface area contributed by atoms with Gasteiger partial charge in [0.25, 0.3) is 0 Å². The smallest absolute Gasteiger partial charge is 0.357 e. The minimum absolute atomic E-state index is 0.0573. The summed E-state index contributed by atoms with van der Waals surface area (Å²) in [4.78, 5) is 21.8. The quantitative estimate of drug-likeness (QED) is 0.0640. The lowest BCUT2D eigenvalue weighted by Crippen LogP contribution is -2.56. The van der Waals surface area contributed by atoms with E-state index in [4.69, 9.17) is 9.47 Å². The molecular weight excluding hydrogens is 683 g/mol. The van der Waals surface area contributed by atoms with Gasteiger partial charge >= 0.3 is 7.60 Å². The Hall–Kier alpha value is -0.0100. The summed E-state index contributed by atoms with van der Waals surface area (Å²) < 4.78 is 25.9. The highest BCUT2D eigenvalue weighted by atomic mass is 31.2. The maximum Gasteiger partial charge on any atom is 0.357 e. The molecule has 310 valence electrons. The van der Waals surface area contributed by atoms with Crippen LogP contribution >= 0.6 is 7.60 Å². The molecule has 0 aromatic rings. The van der Waals surface area contributed by atoms with Crippen LogP contribution in [-0.2, 0) is 14.0 Å². The molecule has 4 N–H and O–H groups in total. The molecule has 0 bridgehead atoms. The molecular formula is C45H83O7P. The molecule has 1 saturated heterocycles. The second-order valence-corrected chi connectivity index (χ2v) is 21.7. The molecule has 5 rings (SSSR count). The Balaban J connectivity index is 1.07. The Kier molecular flexibility index (Phi) is 16.3. The first kappa shape index (κ1) is 44.1. The highest BCUT2D eigenvalue weighted by Gasteiger charge is 2.65. The van der Waals surface area contributed by atoms with E-state index in [-0.39, 0.29) is 17.8 Å². The summed E-state index contributed by atoms with van der Waals surface area (Å²) in [6, 6.07) is 0. The van der Waals surface area contributed by atoms with Crippen LogP contribution in [0.3, 0.4) is 0 Å². The van der Waals surface area contributed by atoms with Gasteiger partial charge in [-0.15, -0.1) is 0 Å². The molecule has 1 heterocycles. The Labute approximate surface area is 325 Å². The highest BCUT2D eigenvalue weighted by molar-refractivity contribution is 7.53. The second-order valence-electron chi connectivity index (χ2n) is 19.7. The van der Waals surface area contributed by atoms with Crippen LogP contribution < -0.4 is 0 Å². The van der Waals surface area contributed by atoms with Crippen molar-refractivity contribution in [3.05, 3.63) is 0 Å². The predicted molar refractivity (Wildman–Crippen MR) is 215 cm³/mol. The average molecular weight is 767 g/mol. The molecule has 4 saturated carbocycles. The topological polar surface area (TPSA) is 116 Å². The fourth-order valence-corrected chi connectivity index (χ4v) is 14.4. The summed E-state index contributed by atoms with van der Waals surface area (Å²) in [5.41, 5.74) is 0.488. The lowest BCUT2D eigenvalue weighted by Gasteiger charge is -2.62. The van der Waals surface area contributed by atoms with Crippen molar-refractivity contribution in [1.82, 2.24) is 0 Å². The third kappa shape index (κ3) is 10.2. The maximum atomic E-state index is 13.4. The standard InChI is InChI=1S/C45H83O7P/c1-6-8-9-10-11-12-13-14-15-16-17-18-19-20-22-39(46)42-40(47)31-41(51-42)52-45(53(48,49)50)30-29-43(4)34(32-45)23-24-35-37-26-25-36(33(3)21-7-2)44(37,5)28-27-38(35)43/h33-42,46-47H,6-32H2,1-5H3,(H2,48,49,50)/t33-,34?,35?,36-,37?,38?,39?,40-,41?,42-,43+,44-,45?/m1/s1. The van der Waals surface area contributed by atoms with Crippen molar-refractivity contribution in [2.45, 2.75) is 238 Å². The van der Waals surface area contributed by atoms with Gasteiger partial charge in [0, 0.05) is 6.42 Å². The van der Waals surface area contributed by atoms with Crippen molar-refractivity contribution in [1.29, 1.82) is 0 Å². The molecule has 53 heavy (non-hydrogen) atoms. The van der Waals surface area contributed by atoms with Crippen molar-refractivity contribution in [3.8, 4) is 0 Å². The number of hydrogen-bond acceptors (Lipinski definition) is 5. The molecule has 1 aliphatic heterocycles. The Morgan fingerprint density at radius 3 is 1.94 bits per heavy atom. The molecule has 7 nitrogen and oxygen atoms in total. The van der Waals surface area contributed by atoms with E-state index in [1.54, 1.807) is 0 Å². The number of hydrogen-bond donors (Lipinski definition) is 4. The number of unbranched alkanes of at least 4 members (excludes halogenated alkanes) is 13. The monoisotopic (exact) mass is 767 g/mol. The minimum Gasteiger partial charge on any atom is -0.390 e. The van der Waals surface area contributed by atoms with Crippen LogP contribution in [0, 0.1) is 46.3 Å². The van der Waals surface area contributed by atoms with Gasteiger partial charge in [0.2, 0.25) is 0 Å². The predicted octanol–water partition coefficient (Wildman–Crippen LogP) is 11.7. The van der Waals surface area contributed by atoms with Gasteiger partial charge in [-0.2, -0.15) is 0 Å². The van der Waals surface area contributed by atoms with Crippen molar-refractivity contribution in [2.75, 3.05) is 0 Å². The molecule has 5 aliphatic rings. The largest absolute Gasteiger partial charge is 0.390 e. The van der Waals surface area contributed by atoms with Crippen molar-refractivity contribution < 1.29 is 34.0 Å². The van der Waals surface area contributed by atoms with Gasteiger partial charge in [-0.3, -0.25) is 4.57 Å². The highest BCUT2D eigenvalue weighted by Crippen LogP contribution is 2.72. The molecule has 0 aromatic heterocycles. The number of aliphatic hydroxyl groups is 2. The summed E-state index contributed by atoms with van der Waals surface area (Å²) in [7, 11) is -4.66. The average Bonchev–Trinajstić information content (AvgIpc) is 3.66. The lowest BCUT2D eigenvalue weighted by molar-refractivity contribution is -0.222. The summed E-state index contributed by atoms with van der Waals surface area (Å²) in [6.45, 7) is 12.1. The Morgan fingerprint density at radius 1 is 0.736 bits per heavy atom. The van der Waals surface area contributed by atoms with Gasteiger partial charge in [-0.25, -0.2) is 0 Å². The van der Waals surface area contributed by atoms with E-state index in [0.29, 0.717) is 36.5 Å². The zero-order valence-electron chi connectivity index (χ0n) is 34.8.